The van der Waals surface area contributed by atoms with Gasteiger partial charge >= 0.3 is 0 Å². The van der Waals surface area contributed by atoms with Crippen molar-refractivity contribution < 1.29 is 4.79 Å². The van der Waals surface area contributed by atoms with Crippen LogP contribution in [0.3, 0.4) is 0 Å². The Morgan fingerprint density at radius 2 is 2.14 bits per heavy atom. The molecule has 2 rings (SSSR count). The molecule has 1 aromatic carbocycles. The first-order valence-electron chi connectivity index (χ1n) is 6.47. The maximum Gasteiger partial charge on any atom is 0.250 e. The fourth-order valence-corrected chi connectivity index (χ4v) is 2.89. The lowest BCUT2D eigenvalue weighted by molar-refractivity contribution is 0.1000. The Balaban J connectivity index is 1.92. The van der Waals surface area contributed by atoms with Crippen LogP contribution in [0.1, 0.15) is 17.3 Å². The second-order valence-electron chi connectivity index (χ2n) is 4.54. The molecule has 1 atom stereocenters. The van der Waals surface area contributed by atoms with Crippen LogP contribution in [0.2, 0.25) is 5.02 Å². The summed E-state index contributed by atoms with van der Waals surface area (Å²) >= 11 is 7.85. The lowest BCUT2D eigenvalue weighted by atomic mass is 10.2. The van der Waals surface area contributed by atoms with Crippen molar-refractivity contribution in [3.05, 3.63) is 53.2 Å². The highest BCUT2D eigenvalue weighted by molar-refractivity contribution is 8.00. The molecular formula is C15H16ClN3OS. The number of primary amides is 1. The van der Waals surface area contributed by atoms with Gasteiger partial charge in [-0.1, -0.05) is 36.7 Å². The fraction of sp³-hybridized carbons (Fsp3) is 0.200. The van der Waals surface area contributed by atoms with Gasteiger partial charge in [0.2, 0.25) is 5.91 Å². The Labute approximate surface area is 133 Å². The van der Waals surface area contributed by atoms with E-state index in [4.69, 9.17) is 17.3 Å². The van der Waals surface area contributed by atoms with Crippen LogP contribution in [0.5, 0.6) is 0 Å². The van der Waals surface area contributed by atoms with E-state index in [1.807, 2.05) is 18.2 Å². The minimum Gasteiger partial charge on any atom is -0.368 e. The largest absolute Gasteiger partial charge is 0.368 e. The van der Waals surface area contributed by atoms with E-state index in [1.54, 1.807) is 11.8 Å². The van der Waals surface area contributed by atoms with Crippen LogP contribution in [0.15, 0.2) is 47.5 Å². The number of hydrogen-bond acceptors (Lipinski definition) is 4. The number of hydrogen-bond donors (Lipinski definition) is 2. The van der Waals surface area contributed by atoms with Gasteiger partial charge in [0.25, 0.3) is 0 Å². The fourth-order valence-electron chi connectivity index (χ4n) is 1.72. The van der Waals surface area contributed by atoms with E-state index in [2.05, 4.69) is 29.4 Å². The maximum absolute atomic E-state index is 11.0. The lowest BCUT2D eigenvalue weighted by Gasteiger charge is -2.13. The summed E-state index contributed by atoms with van der Waals surface area (Å²) in [5.41, 5.74) is 5.48. The third kappa shape index (κ3) is 4.65. The average molecular weight is 322 g/mol. The minimum absolute atomic E-state index is 0.303. The molecule has 3 N–H and O–H groups in total. The second kappa shape index (κ2) is 7.33. The summed E-state index contributed by atoms with van der Waals surface area (Å²) in [6, 6.07) is 11.7. The first kappa shape index (κ1) is 15.7. The monoisotopic (exact) mass is 321 g/mol. The van der Waals surface area contributed by atoms with E-state index in [1.165, 1.54) is 17.2 Å². The van der Waals surface area contributed by atoms with Crippen LogP contribution in [-0.4, -0.2) is 22.7 Å². The van der Waals surface area contributed by atoms with Gasteiger partial charge in [0, 0.05) is 22.9 Å². The van der Waals surface area contributed by atoms with Crippen LogP contribution < -0.4 is 11.1 Å². The Morgan fingerprint density at radius 1 is 1.43 bits per heavy atom. The standard InChI is InChI=1S/C15H16ClN3OS/c1-10(21-12-5-3-2-4-6-12)8-18-15-13(16)7-11(9-19-15)14(17)20/h2-7,9-10H,8H2,1H3,(H2,17,20)(H,18,19). The van der Waals surface area contributed by atoms with Crippen molar-refractivity contribution in [2.45, 2.75) is 17.1 Å². The lowest BCUT2D eigenvalue weighted by Crippen LogP contribution is -2.15. The molecule has 6 heteroatoms. The zero-order valence-corrected chi connectivity index (χ0v) is 13.1. The number of nitrogens with zero attached hydrogens (tertiary/aromatic N) is 1. The Bertz CT molecular complexity index is 622. The van der Waals surface area contributed by atoms with Crippen molar-refractivity contribution in [1.82, 2.24) is 4.98 Å². The Kier molecular flexibility index (Phi) is 5.47. The van der Waals surface area contributed by atoms with E-state index in [9.17, 15) is 4.79 Å². The number of aromatic nitrogens is 1. The van der Waals surface area contributed by atoms with E-state index >= 15 is 0 Å². The van der Waals surface area contributed by atoms with E-state index < -0.39 is 5.91 Å². The van der Waals surface area contributed by atoms with Gasteiger partial charge < -0.3 is 11.1 Å². The molecule has 1 heterocycles. The first-order valence-corrected chi connectivity index (χ1v) is 7.73. The number of pyridine rings is 1. The molecule has 21 heavy (non-hydrogen) atoms. The molecule has 1 aromatic heterocycles. The van der Waals surface area contributed by atoms with Crippen LogP contribution >= 0.6 is 23.4 Å². The number of rotatable bonds is 6. The molecule has 1 amide bonds. The molecule has 0 radical (unpaired) electrons. The normalized spacial score (nSPS) is 11.9. The summed E-state index contributed by atoms with van der Waals surface area (Å²) in [5, 5.41) is 3.92. The number of carbonyl (C=O) groups is 1. The van der Waals surface area contributed by atoms with Crippen LogP contribution in [0.4, 0.5) is 5.82 Å². The summed E-state index contributed by atoms with van der Waals surface area (Å²) in [6.07, 6.45) is 1.42. The molecule has 0 aliphatic carbocycles. The van der Waals surface area contributed by atoms with Gasteiger partial charge in [0.05, 0.1) is 10.6 Å². The smallest absolute Gasteiger partial charge is 0.250 e. The summed E-state index contributed by atoms with van der Waals surface area (Å²) in [7, 11) is 0. The highest BCUT2D eigenvalue weighted by Gasteiger charge is 2.09. The number of nitrogens with one attached hydrogen (secondary N) is 1. The van der Waals surface area contributed by atoms with Crippen LogP contribution in [0.25, 0.3) is 0 Å². The van der Waals surface area contributed by atoms with Crippen molar-refractivity contribution in [1.29, 1.82) is 0 Å². The van der Waals surface area contributed by atoms with Crippen molar-refractivity contribution >= 4 is 35.1 Å². The van der Waals surface area contributed by atoms with Gasteiger partial charge in [0.1, 0.15) is 5.82 Å². The predicted molar refractivity (Wildman–Crippen MR) is 88.0 cm³/mol. The second-order valence-corrected chi connectivity index (χ2v) is 6.46. The zero-order chi connectivity index (χ0) is 15.2. The number of carbonyl (C=O) groups excluding carboxylic acids is 1. The number of amides is 1. The van der Waals surface area contributed by atoms with E-state index in [0.29, 0.717) is 28.2 Å². The quantitative estimate of drug-likeness (QED) is 0.800. The Hall–Kier alpha value is -1.72. The third-order valence-electron chi connectivity index (χ3n) is 2.76. The van der Waals surface area contributed by atoms with Gasteiger partial charge in [-0.2, -0.15) is 0 Å². The molecule has 4 nitrogen and oxygen atoms in total. The molecular weight excluding hydrogens is 306 g/mol. The van der Waals surface area contributed by atoms with Crippen LogP contribution in [0, 0.1) is 0 Å². The molecule has 1 unspecified atom stereocenters. The zero-order valence-electron chi connectivity index (χ0n) is 11.5. The van der Waals surface area contributed by atoms with Crippen molar-refractivity contribution in [3.8, 4) is 0 Å². The van der Waals surface area contributed by atoms with Gasteiger partial charge in [-0.25, -0.2) is 4.98 Å². The molecule has 2 aromatic rings. The highest BCUT2D eigenvalue weighted by Crippen LogP contribution is 2.24. The van der Waals surface area contributed by atoms with Crippen molar-refractivity contribution in [2.75, 3.05) is 11.9 Å². The number of nitrogens with two attached hydrogens (primary N) is 1. The Morgan fingerprint density at radius 3 is 2.76 bits per heavy atom. The molecule has 0 aliphatic rings. The molecule has 0 bridgehead atoms. The van der Waals surface area contributed by atoms with Crippen molar-refractivity contribution in [3.63, 3.8) is 0 Å². The average Bonchev–Trinajstić information content (AvgIpc) is 2.47. The minimum atomic E-state index is -0.538. The molecule has 0 fully saturated rings. The number of halogens is 1. The molecule has 110 valence electrons. The van der Waals surface area contributed by atoms with Gasteiger partial charge in [0.15, 0.2) is 0 Å². The number of benzene rings is 1. The molecule has 0 spiro atoms. The molecule has 0 aliphatic heterocycles. The van der Waals surface area contributed by atoms with Gasteiger partial charge in [-0.05, 0) is 18.2 Å². The van der Waals surface area contributed by atoms with Gasteiger partial charge in [-0.15, -0.1) is 11.8 Å². The van der Waals surface area contributed by atoms with Crippen molar-refractivity contribution in [2.24, 2.45) is 5.73 Å². The van der Waals surface area contributed by atoms with Gasteiger partial charge in [-0.3, -0.25) is 4.79 Å². The molecule has 0 saturated heterocycles. The summed E-state index contributed by atoms with van der Waals surface area (Å²) < 4.78 is 0. The SMILES string of the molecule is CC(CNc1ncc(C(N)=O)cc1Cl)Sc1ccccc1. The topological polar surface area (TPSA) is 68.0 Å². The number of thioether (sulfide) groups is 1. The predicted octanol–water partition coefficient (Wildman–Crippen LogP) is 3.43. The number of anilines is 1. The summed E-state index contributed by atoms with van der Waals surface area (Å²) in [5.74, 6) is 0.0196. The van der Waals surface area contributed by atoms with Crippen LogP contribution in [-0.2, 0) is 0 Å². The highest BCUT2D eigenvalue weighted by atomic mass is 35.5. The molecule has 0 saturated carbocycles. The van der Waals surface area contributed by atoms with E-state index in [-0.39, 0.29) is 0 Å². The summed E-state index contributed by atoms with van der Waals surface area (Å²) in [4.78, 5) is 16.4. The maximum atomic E-state index is 11.0. The third-order valence-corrected chi connectivity index (χ3v) is 4.16. The van der Waals surface area contributed by atoms with E-state index in [0.717, 1.165) is 0 Å². The first-order chi connectivity index (χ1) is 10.1. The summed E-state index contributed by atoms with van der Waals surface area (Å²) in [6.45, 7) is 2.83.